The average molecular weight is 591 g/mol. The Morgan fingerprint density at radius 1 is 0.932 bits per heavy atom. The Labute approximate surface area is 267 Å². The van der Waals surface area contributed by atoms with Crippen LogP contribution in [0.1, 0.15) is 121 Å². The van der Waals surface area contributed by atoms with Gasteiger partial charge in [0, 0.05) is 16.5 Å². The number of nitriles is 1. The van der Waals surface area contributed by atoms with Crippen molar-refractivity contribution in [3.63, 3.8) is 0 Å². The van der Waals surface area contributed by atoms with Gasteiger partial charge in [-0.2, -0.15) is 5.26 Å². The molecule has 4 heteroatoms. The van der Waals surface area contributed by atoms with Crippen LogP contribution in [0.5, 0.6) is 0 Å². The first-order chi connectivity index (χ1) is 21.0. The number of benzene rings is 3. The van der Waals surface area contributed by atoms with Gasteiger partial charge in [-0.1, -0.05) is 118 Å². The van der Waals surface area contributed by atoms with Gasteiger partial charge in [-0.05, 0) is 78.8 Å². The molecule has 2 atom stereocenters. The number of nitrogens with one attached hydrogen (secondary N) is 1. The molecule has 1 aliphatic heterocycles. The molecule has 0 spiro atoms. The van der Waals surface area contributed by atoms with Gasteiger partial charge in [0.2, 0.25) is 0 Å². The fourth-order valence-corrected chi connectivity index (χ4v) is 6.82. The van der Waals surface area contributed by atoms with E-state index in [2.05, 4.69) is 89.8 Å². The van der Waals surface area contributed by atoms with E-state index >= 15 is 0 Å². The summed E-state index contributed by atoms with van der Waals surface area (Å²) in [5.41, 5.74) is 8.18. The van der Waals surface area contributed by atoms with Crippen LogP contribution in [0.25, 0.3) is 0 Å². The summed E-state index contributed by atoms with van der Waals surface area (Å²) in [6, 6.07) is 23.4. The Bertz CT molecular complexity index is 1510. The number of amidine groups is 2. The number of fused-ring (bicyclic) bond motifs is 3. The van der Waals surface area contributed by atoms with Gasteiger partial charge in [-0.3, -0.25) is 15.3 Å². The molecule has 5 rings (SSSR count). The van der Waals surface area contributed by atoms with Crippen LogP contribution in [-0.4, -0.2) is 17.2 Å². The third kappa shape index (κ3) is 6.39. The third-order valence-corrected chi connectivity index (χ3v) is 8.93. The molecule has 0 aromatic heterocycles. The van der Waals surface area contributed by atoms with E-state index in [1.165, 1.54) is 5.56 Å². The maximum Gasteiger partial charge on any atom is 0.142 e. The Balaban J connectivity index is 0.00000127. The lowest BCUT2D eigenvalue weighted by Crippen LogP contribution is -2.44. The Hall–Kier alpha value is -3.71. The second kappa shape index (κ2) is 14.4. The minimum absolute atomic E-state index is 0.0184. The summed E-state index contributed by atoms with van der Waals surface area (Å²) < 4.78 is 0. The number of anilines is 1. The highest BCUT2D eigenvalue weighted by molar-refractivity contribution is 6.30. The van der Waals surface area contributed by atoms with E-state index in [9.17, 15) is 10.7 Å². The first-order valence-corrected chi connectivity index (χ1v) is 16.8. The predicted molar refractivity (Wildman–Crippen MR) is 189 cm³/mol. The highest BCUT2D eigenvalue weighted by Gasteiger charge is 2.67. The molecule has 234 valence electrons. The van der Waals surface area contributed by atoms with Crippen LogP contribution in [0, 0.1) is 35.5 Å². The van der Waals surface area contributed by atoms with E-state index in [1.807, 2.05) is 58.0 Å². The minimum Gasteiger partial charge on any atom is -0.283 e. The molecule has 3 aromatic rings. The molecule has 1 saturated carbocycles. The molecule has 1 unspecified atom stereocenters. The largest absolute Gasteiger partial charge is 0.283 e. The Morgan fingerprint density at radius 2 is 1.48 bits per heavy atom. The SMILES string of the molecule is CC.CC.CC[C@]12CC1(C)c1ccccc1C(N(C(=N)c1ccccc1C)c1c(CC(C)C)cc(C#N)cc1CC(C)C)=N2. The number of hydrogen-bond donors (Lipinski definition) is 1. The first kappa shape index (κ1) is 34.8. The predicted octanol–water partition coefficient (Wildman–Crippen LogP) is 10.4. The molecule has 1 fully saturated rings. The van der Waals surface area contributed by atoms with Crippen molar-refractivity contribution in [3.8, 4) is 6.07 Å². The van der Waals surface area contributed by atoms with Crippen molar-refractivity contribution >= 4 is 17.4 Å². The van der Waals surface area contributed by atoms with Crippen LogP contribution in [0.2, 0.25) is 0 Å². The Kier molecular flexibility index (Phi) is 11.4. The van der Waals surface area contributed by atoms with E-state index in [0.29, 0.717) is 23.2 Å². The van der Waals surface area contributed by atoms with E-state index in [4.69, 9.17) is 4.99 Å². The van der Waals surface area contributed by atoms with Crippen LogP contribution < -0.4 is 4.90 Å². The average Bonchev–Trinajstić information content (AvgIpc) is 3.66. The zero-order valence-corrected chi connectivity index (χ0v) is 29.1. The standard InChI is InChI=1S/C36H42N4.2C2H6/c1-8-36-22-35(36,7)31-16-12-11-15-30(31)34(39-36)40(33(38)29-14-10-9-13-25(29)6)32-27(17-23(2)3)19-26(21-37)20-28(32)18-24(4)5;2*1-2/h9-16,19-20,23-24,38H,8,17-18,22H2,1-7H3;2*1-2H3/t35?,36-;;/m0../s1. The summed E-state index contributed by atoms with van der Waals surface area (Å²) in [4.78, 5) is 7.74. The van der Waals surface area contributed by atoms with Gasteiger partial charge in [0.15, 0.2) is 0 Å². The zero-order chi connectivity index (χ0) is 32.8. The zero-order valence-electron chi connectivity index (χ0n) is 29.1. The molecule has 0 bridgehead atoms. The number of nitrogens with zero attached hydrogens (tertiary/aromatic N) is 3. The molecular weight excluding hydrogens is 536 g/mol. The molecule has 4 nitrogen and oxygen atoms in total. The monoisotopic (exact) mass is 590 g/mol. The van der Waals surface area contributed by atoms with Crippen molar-refractivity contribution in [2.75, 3.05) is 4.90 Å². The molecular formula is C40H54N4. The summed E-state index contributed by atoms with van der Waals surface area (Å²) in [6.45, 7) is 23.5. The molecule has 1 aliphatic carbocycles. The lowest BCUT2D eigenvalue weighted by atomic mass is 9.84. The van der Waals surface area contributed by atoms with Crippen molar-refractivity contribution in [1.29, 1.82) is 10.7 Å². The normalized spacial score (nSPS) is 19.3. The highest BCUT2D eigenvalue weighted by atomic mass is 15.3. The van der Waals surface area contributed by atoms with Crippen LogP contribution in [0.4, 0.5) is 5.69 Å². The third-order valence-electron chi connectivity index (χ3n) is 8.93. The molecule has 1 heterocycles. The molecule has 44 heavy (non-hydrogen) atoms. The van der Waals surface area contributed by atoms with Crippen molar-refractivity contribution in [1.82, 2.24) is 0 Å². The summed E-state index contributed by atoms with van der Waals surface area (Å²) in [7, 11) is 0. The molecule has 0 saturated heterocycles. The number of hydrogen-bond acceptors (Lipinski definition) is 3. The van der Waals surface area contributed by atoms with Crippen LogP contribution in [0.3, 0.4) is 0 Å². The molecule has 2 aliphatic rings. The molecule has 3 aromatic carbocycles. The fraction of sp³-hybridized carbons (Fsp3) is 0.475. The topological polar surface area (TPSA) is 63.2 Å². The van der Waals surface area contributed by atoms with E-state index < -0.39 is 0 Å². The maximum atomic E-state index is 9.99. The van der Waals surface area contributed by atoms with Gasteiger partial charge in [0.25, 0.3) is 0 Å². The van der Waals surface area contributed by atoms with Crippen LogP contribution >= 0.6 is 0 Å². The van der Waals surface area contributed by atoms with E-state index in [-0.39, 0.29) is 11.0 Å². The summed E-state index contributed by atoms with van der Waals surface area (Å²) in [5, 5.41) is 19.8. The quantitative estimate of drug-likeness (QED) is 0.220. The van der Waals surface area contributed by atoms with Crippen molar-refractivity contribution in [2.24, 2.45) is 16.8 Å². The Morgan fingerprint density at radius 3 is 2.00 bits per heavy atom. The summed E-state index contributed by atoms with van der Waals surface area (Å²) in [6.07, 6.45) is 3.61. The fourth-order valence-electron chi connectivity index (χ4n) is 6.82. The van der Waals surface area contributed by atoms with Gasteiger partial charge >= 0.3 is 0 Å². The van der Waals surface area contributed by atoms with Crippen molar-refractivity contribution in [2.45, 2.75) is 113 Å². The number of aliphatic imine (C=N–C) groups is 1. The van der Waals surface area contributed by atoms with Crippen molar-refractivity contribution in [3.05, 3.63) is 99.6 Å². The van der Waals surface area contributed by atoms with Crippen LogP contribution in [-0.2, 0) is 18.3 Å². The van der Waals surface area contributed by atoms with E-state index in [0.717, 1.165) is 65.0 Å². The van der Waals surface area contributed by atoms with Gasteiger partial charge in [0.05, 0.1) is 22.9 Å². The lowest BCUT2D eigenvalue weighted by molar-refractivity contribution is 0.541. The summed E-state index contributed by atoms with van der Waals surface area (Å²) in [5.74, 6) is 2.08. The van der Waals surface area contributed by atoms with Gasteiger partial charge in [-0.15, -0.1) is 0 Å². The van der Waals surface area contributed by atoms with Gasteiger partial charge in [-0.25, -0.2) is 0 Å². The molecule has 1 N–H and O–H groups in total. The number of aryl methyl sites for hydroxylation is 1. The highest BCUT2D eigenvalue weighted by Crippen LogP contribution is 2.64. The smallest absolute Gasteiger partial charge is 0.142 e. The molecule has 0 radical (unpaired) electrons. The summed E-state index contributed by atoms with van der Waals surface area (Å²) >= 11 is 0. The van der Waals surface area contributed by atoms with E-state index in [1.54, 1.807) is 0 Å². The molecule has 0 amide bonds. The van der Waals surface area contributed by atoms with Crippen molar-refractivity contribution < 1.29 is 0 Å². The maximum absolute atomic E-state index is 9.99. The lowest BCUT2D eigenvalue weighted by Gasteiger charge is -2.37. The minimum atomic E-state index is -0.163. The van der Waals surface area contributed by atoms with Gasteiger partial charge < -0.3 is 0 Å². The number of rotatable bonds is 7. The van der Waals surface area contributed by atoms with Gasteiger partial charge in [0.1, 0.15) is 11.7 Å². The first-order valence-electron chi connectivity index (χ1n) is 16.8. The van der Waals surface area contributed by atoms with Crippen LogP contribution in [0.15, 0.2) is 65.7 Å². The second-order valence-corrected chi connectivity index (χ2v) is 12.8. The second-order valence-electron chi connectivity index (χ2n) is 12.8.